The first-order valence-electron chi connectivity index (χ1n) is 7.54. The summed E-state index contributed by atoms with van der Waals surface area (Å²) in [5, 5.41) is 3.41. The number of rotatable bonds is 4. The monoisotopic (exact) mass is 293 g/mol. The standard InChI is InChI=1S/C16H24FN3O/c1-4-20(15-7-5-14(17)6-8-15)16(21)11-19-10-12(2)18-9-13(19)3/h5-8,12-13,18H,4,9-11H2,1-3H3. The highest BCUT2D eigenvalue weighted by Crippen LogP contribution is 2.16. The molecule has 5 heteroatoms. The van der Waals surface area contributed by atoms with E-state index in [0.29, 0.717) is 25.2 Å². The van der Waals surface area contributed by atoms with Crippen LogP contribution in [0.1, 0.15) is 20.8 Å². The van der Waals surface area contributed by atoms with Gasteiger partial charge in [0.1, 0.15) is 5.82 Å². The molecule has 0 aromatic heterocycles. The molecule has 0 bridgehead atoms. The van der Waals surface area contributed by atoms with Gasteiger partial charge in [-0.25, -0.2) is 4.39 Å². The summed E-state index contributed by atoms with van der Waals surface area (Å²) in [6.45, 7) is 8.94. The van der Waals surface area contributed by atoms with E-state index in [1.54, 1.807) is 17.0 Å². The van der Waals surface area contributed by atoms with Crippen LogP contribution in [0.5, 0.6) is 0 Å². The molecular weight excluding hydrogens is 269 g/mol. The predicted molar refractivity (Wildman–Crippen MR) is 82.9 cm³/mol. The SMILES string of the molecule is CCN(C(=O)CN1CC(C)NCC1C)c1ccc(F)cc1. The average molecular weight is 293 g/mol. The topological polar surface area (TPSA) is 35.6 Å². The van der Waals surface area contributed by atoms with Crippen LogP contribution in [0.4, 0.5) is 10.1 Å². The number of hydrogen-bond donors (Lipinski definition) is 1. The van der Waals surface area contributed by atoms with Crippen LogP contribution in [0.15, 0.2) is 24.3 Å². The van der Waals surface area contributed by atoms with Crippen LogP contribution in [0, 0.1) is 5.82 Å². The van der Waals surface area contributed by atoms with Gasteiger partial charge in [0.15, 0.2) is 0 Å². The fraction of sp³-hybridized carbons (Fsp3) is 0.562. The lowest BCUT2D eigenvalue weighted by molar-refractivity contribution is -0.120. The molecule has 2 atom stereocenters. The molecule has 1 saturated heterocycles. The van der Waals surface area contributed by atoms with Gasteiger partial charge in [0.05, 0.1) is 6.54 Å². The van der Waals surface area contributed by atoms with Crippen LogP contribution >= 0.6 is 0 Å². The predicted octanol–water partition coefficient (Wildman–Crippen LogP) is 1.86. The Morgan fingerprint density at radius 2 is 2.05 bits per heavy atom. The summed E-state index contributed by atoms with van der Waals surface area (Å²) in [6.07, 6.45) is 0. The third-order valence-corrected chi connectivity index (χ3v) is 3.99. The van der Waals surface area contributed by atoms with Crippen molar-refractivity contribution in [3.05, 3.63) is 30.1 Å². The highest BCUT2D eigenvalue weighted by Gasteiger charge is 2.26. The summed E-state index contributed by atoms with van der Waals surface area (Å²) in [4.78, 5) is 16.5. The second-order valence-corrected chi connectivity index (χ2v) is 5.70. The van der Waals surface area contributed by atoms with Crippen molar-refractivity contribution >= 4 is 11.6 Å². The van der Waals surface area contributed by atoms with E-state index >= 15 is 0 Å². The molecule has 1 amide bonds. The minimum Gasteiger partial charge on any atom is -0.312 e. The van der Waals surface area contributed by atoms with Crippen molar-refractivity contribution in [2.45, 2.75) is 32.9 Å². The minimum absolute atomic E-state index is 0.0602. The quantitative estimate of drug-likeness (QED) is 0.920. The maximum absolute atomic E-state index is 13.0. The van der Waals surface area contributed by atoms with Crippen molar-refractivity contribution in [2.24, 2.45) is 0 Å². The molecule has 1 aliphatic heterocycles. The van der Waals surface area contributed by atoms with Gasteiger partial charge in [-0.15, -0.1) is 0 Å². The fourth-order valence-electron chi connectivity index (χ4n) is 2.70. The Labute approximate surface area is 125 Å². The summed E-state index contributed by atoms with van der Waals surface area (Å²) in [7, 11) is 0. The maximum Gasteiger partial charge on any atom is 0.241 e. The Bertz CT molecular complexity index is 477. The highest BCUT2D eigenvalue weighted by molar-refractivity contribution is 5.94. The summed E-state index contributed by atoms with van der Waals surface area (Å²) >= 11 is 0. The van der Waals surface area contributed by atoms with Crippen molar-refractivity contribution in [1.82, 2.24) is 10.2 Å². The number of likely N-dealkylation sites (N-methyl/N-ethyl adjacent to an activating group) is 1. The van der Waals surface area contributed by atoms with Crippen molar-refractivity contribution in [1.29, 1.82) is 0 Å². The number of halogens is 1. The second-order valence-electron chi connectivity index (χ2n) is 5.70. The van der Waals surface area contributed by atoms with Crippen molar-refractivity contribution in [3.63, 3.8) is 0 Å². The molecule has 2 unspecified atom stereocenters. The molecule has 0 radical (unpaired) electrons. The van der Waals surface area contributed by atoms with Gasteiger partial charge in [-0.05, 0) is 45.0 Å². The number of piperazine rings is 1. The molecule has 21 heavy (non-hydrogen) atoms. The van der Waals surface area contributed by atoms with Gasteiger partial charge >= 0.3 is 0 Å². The van der Waals surface area contributed by atoms with Crippen molar-refractivity contribution in [3.8, 4) is 0 Å². The van der Waals surface area contributed by atoms with Gasteiger partial charge in [0, 0.05) is 37.4 Å². The van der Waals surface area contributed by atoms with Gasteiger partial charge in [-0.1, -0.05) is 0 Å². The van der Waals surface area contributed by atoms with Crippen LogP contribution in [0.25, 0.3) is 0 Å². The first-order valence-corrected chi connectivity index (χ1v) is 7.54. The lowest BCUT2D eigenvalue weighted by Crippen LogP contribution is -2.56. The number of carbonyl (C=O) groups excluding carboxylic acids is 1. The zero-order valence-corrected chi connectivity index (χ0v) is 13.0. The van der Waals surface area contributed by atoms with Crippen LogP contribution in [0.3, 0.4) is 0 Å². The molecule has 0 saturated carbocycles. The largest absolute Gasteiger partial charge is 0.312 e. The summed E-state index contributed by atoms with van der Waals surface area (Å²) in [5.41, 5.74) is 0.750. The molecule has 1 heterocycles. The Kier molecular flexibility index (Phi) is 5.31. The van der Waals surface area contributed by atoms with Crippen molar-refractivity contribution in [2.75, 3.05) is 31.1 Å². The van der Waals surface area contributed by atoms with E-state index in [1.807, 2.05) is 6.92 Å². The zero-order chi connectivity index (χ0) is 15.4. The highest BCUT2D eigenvalue weighted by atomic mass is 19.1. The van der Waals surface area contributed by atoms with Crippen LogP contribution < -0.4 is 10.2 Å². The molecule has 0 aliphatic carbocycles. The van der Waals surface area contributed by atoms with Gasteiger partial charge in [0.2, 0.25) is 5.91 Å². The van der Waals surface area contributed by atoms with E-state index < -0.39 is 0 Å². The number of nitrogens with one attached hydrogen (secondary N) is 1. The third kappa shape index (κ3) is 4.02. The molecule has 1 aromatic carbocycles. The number of anilines is 1. The third-order valence-electron chi connectivity index (χ3n) is 3.99. The first kappa shape index (κ1) is 15.9. The molecule has 2 rings (SSSR count). The number of nitrogens with zero attached hydrogens (tertiary/aromatic N) is 2. The van der Waals surface area contributed by atoms with Crippen molar-refractivity contribution < 1.29 is 9.18 Å². The van der Waals surface area contributed by atoms with Gasteiger partial charge < -0.3 is 10.2 Å². The van der Waals surface area contributed by atoms with Gasteiger partial charge in [0.25, 0.3) is 0 Å². The molecule has 4 nitrogen and oxygen atoms in total. The van der Waals surface area contributed by atoms with E-state index in [2.05, 4.69) is 24.1 Å². The summed E-state index contributed by atoms with van der Waals surface area (Å²) in [5.74, 6) is -0.225. The van der Waals surface area contributed by atoms with Crippen LogP contribution in [-0.4, -0.2) is 49.1 Å². The number of hydrogen-bond acceptors (Lipinski definition) is 3. The molecule has 1 aliphatic rings. The molecule has 1 N–H and O–H groups in total. The second kappa shape index (κ2) is 7.00. The summed E-state index contributed by atoms with van der Waals surface area (Å²) in [6, 6.07) is 6.83. The molecule has 1 fully saturated rings. The number of amides is 1. The lowest BCUT2D eigenvalue weighted by atomic mass is 10.1. The average Bonchev–Trinajstić information content (AvgIpc) is 2.46. The lowest BCUT2D eigenvalue weighted by Gasteiger charge is -2.38. The van der Waals surface area contributed by atoms with Crippen LogP contribution in [0.2, 0.25) is 0 Å². The minimum atomic E-state index is -0.285. The van der Waals surface area contributed by atoms with Crippen LogP contribution in [-0.2, 0) is 4.79 Å². The smallest absolute Gasteiger partial charge is 0.241 e. The first-order chi connectivity index (χ1) is 10.0. The number of benzene rings is 1. The normalized spacial score (nSPS) is 23.0. The van der Waals surface area contributed by atoms with E-state index in [1.165, 1.54) is 12.1 Å². The van der Waals surface area contributed by atoms with Gasteiger partial charge in [-0.3, -0.25) is 9.69 Å². The number of carbonyl (C=O) groups is 1. The Morgan fingerprint density at radius 3 is 2.67 bits per heavy atom. The molecule has 1 aromatic rings. The summed E-state index contributed by atoms with van der Waals surface area (Å²) < 4.78 is 13.0. The molecule has 116 valence electrons. The van der Waals surface area contributed by atoms with E-state index in [4.69, 9.17) is 0 Å². The zero-order valence-electron chi connectivity index (χ0n) is 13.0. The fourth-order valence-corrected chi connectivity index (χ4v) is 2.70. The van der Waals surface area contributed by atoms with E-state index in [0.717, 1.165) is 18.8 Å². The Balaban J connectivity index is 2.04. The van der Waals surface area contributed by atoms with E-state index in [9.17, 15) is 9.18 Å². The molecule has 0 spiro atoms. The Morgan fingerprint density at radius 1 is 1.38 bits per heavy atom. The molecular formula is C16H24FN3O. The van der Waals surface area contributed by atoms with E-state index in [-0.39, 0.29) is 11.7 Å². The maximum atomic E-state index is 13.0. The van der Waals surface area contributed by atoms with Gasteiger partial charge in [-0.2, -0.15) is 0 Å². The Hall–Kier alpha value is -1.46.